The van der Waals surface area contributed by atoms with E-state index < -0.39 is 0 Å². The van der Waals surface area contributed by atoms with Crippen molar-refractivity contribution in [3.05, 3.63) is 41.9 Å². The molecule has 3 rings (SSSR count). The number of nitrogens with zero attached hydrogens (tertiary/aromatic N) is 3. The van der Waals surface area contributed by atoms with Gasteiger partial charge in [0.15, 0.2) is 6.61 Å². The lowest BCUT2D eigenvalue weighted by molar-refractivity contribution is -0.125. The number of hydrogen-bond acceptors (Lipinski definition) is 4. The van der Waals surface area contributed by atoms with Crippen LogP contribution in [0.5, 0.6) is 5.75 Å². The van der Waals surface area contributed by atoms with Crippen molar-refractivity contribution in [2.24, 2.45) is 0 Å². The number of fused-ring (bicyclic) bond motifs is 1. The van der Waals surface area contributed by atoms with Gasteiger partial charge in [-0.3, -0.25) is 14.5 Å². The van der Waals surface area contributed by atoms with Crippen LogP contribution in [0.25, 0.3) is 0 Å². The highest BCUT2D eigenvalue weighted by atomic mass is 35.5. The van der Waals surface area contributed by atoms with E-state index in [1.165, 1.54) is 4.90 Å². The molecule has 0 aliphatic carbocycles. The molecule has 0 saturated carbocycles. The molecule has 7 nitrogen and oxygen atoms in total. The Morgan fingerprint density at radius 2 is 2.30 bits per heavy atom. The van der Waals surface area contributed by atoms with Gasteiger partial charge in [-0.2, -0.15) is 0 Å². The fraction of sp³-hybridized carbons (Fsp3) is 0.267. The van der Waals surface area contributed by atoms with Gasteiger partial charge in [-0.15, -0.1) is 0 Å². The van der Waals surface area contributed by atoms with Crippen LogP contribution in [-0.2, 0) is 16.1 Å². The highest BCUT2D eigenvalue weighted by molar-refractivity contribution is 6.31. The Bertz CT molecular complexity index is 718. The van der Waals surface area contributed by atoms with Crippen LogP contribution in [-0.4, -0.2) is 41.1 Å². The van der Waals surface area contributed by atoms with Crippen molar-refractivity contribution >= 4 is 29.1 Å². The number of aromatic nitrogens is 2. The Morgan fingerprint density at radius 3 is 3.09 bits per heavy atom. The molecular weight excluding hydrogens is 320 g/mol. The Kier molecular flexibility index (Phi) is 4.47. The van der Waals surface area contributed by atoms with Crippen molar-refractivity contribution in [1.82, 2.24) is 14.9 Å². The van der Waals surface area contributed by atoms with Gasteiger partial charge in [-0.1, -0.05) is 11.6 Å². The van der Waals surface area contributed by atoms with Crippen LogP contribution >= 0.6 is 11.6 Å². The number of nitrogens with one attached hydrogen (secondary N) is 1. The monoisotopic (exact) mass is 334 g/mol. The van der Waals surface area contributed by atoms with E-state index in [1.54, 1.807) is 30.7 Å². The zero-order chi connectivity index (χ0) is 16.2. The van der Waals surface area contributed by atoms with E-state index in [2.05, 4.69) is 10.3 Å². The molecule has 0 fully saturated rings. The number of anilines is 1. The summed E-state index contributed by atoms with van der Waals surface area (Å²) in [7, 11) is 0. The van der Waals surface area contributed by atoms with Crippen molar-refractivity contribution in [3.8, 4) is 5.75 Å². The highest BCUT2D eigenvalue weighted by Gasteiger charge is 2.27. The van der Waals surface area contributed by atoms with Crippen LogP contribution < -0.4 is 15.0 Å². The molecule has 1 aliphatic heterocycles. The summed E-state index contributed by atoms with van der Waals surface area (Å²) in [5.41, 5.74) is 0.513. The summed E-state index contributed by atoms with van der Waals surface area (Å²) in [5, 5.41) is 3.26. The molecule has 2 heterocycles. The van der Waals surface area contributed by atoms with Crippen LogP contribution in [0.3, 0.4) is 0 Å². The summed E-state index contributed by atoms with van der Waals surface area (Å²) in [6, 6.07) is 4.99. The minimum Gasteiger partial charge on any atom is -0.482 e. The van der Waals surface area contributed by atoms with Gasteiger partial charge in [0.25, 0.3) is 5.91 Å². The van der Waals surface area contributed by atoms with Crippen molar-refractivity contribution in [2.75, 3.05) is 24.6 Å². The maximum absolute atomic E-state index is 12.1. The molecule has 2 amide bonds. The average molecular weight is 335 g/mol. The summed E-state index contributed by atoms with van der Waals surface area (Å²) < 4.78 is 7.20. The van der Waals surface area contributed by atoms with Crippen LogP contribution in [0.1, 0.15) is 0 Å². The van der Waals surface area contributed by atoms with E-state index >= 15 is 0 Å². The van der Waals surface area contributed by atoms with Gasteiger partial charge in [-0.05, 0) is 18.2 Å². The molecule has 0 spiro atoms. The van der Waals surface area contributed by atoms with E-state index in [4.69, 9.17) is 16.3 Å². The van der Waals surface area contributed by atoms with Gasteiger partial charge < -0.3 is 14.6 Å². The van der Waals surface area contributed by atoms with Crippen LogP contribution in [0.2, 0.25) is 5.02 Å². The van der Waals surface area contributed by atoms with Gasteiger partial charge in [0.2, 0.25) is 5.91 Å². The van der Waals surface area contributed by atoms with Gasteiger partial charge in [0, 0.05) is 30.5 Å². The molecule has 120 valence electrons. The zero-order valence-corrected chi connectivity index (χ0v) is 13.0. The smallest absolute Gasteiger partial charge is 0.265 e. The number of amides is 2. The molecule has 23 heavy (non-hydrogen) atoms. The van der Waals surface area contributed by atoms with E-state index in [9.17, 15) is 9.59 Å². The maximum Gasteiger partial charge on any atom is 0.265 e. The first-order chi connectivity index (χ1) is 11.1. The summed E-state index contributed by atoms with van der Waals surface area (Å²) in [4.78, 5) is 29.4. The fourth-order valence-corrected chi connectivity index (χ4v) is 2.46. The molecule has 1 N–H and O–H groups in total. The van der Waals surface area contributed by atoms with E-state index in [-0.39, 0.29) is 25.0 Å². The topological polar surface area (TPSA) is 76.5 Å². The molecule has 0 radical (unpaired) electrons. The predicted molar refractivity (Wildman–Crippen MR) is 84.5 cm³/mol. The summed E-state index contributed by atoms with van der Waals surface area (Å²) >= 11 is 5.96. The number of carbonyl (C=O) groups excluding carboxylic acids is 2. The minimum absolute atomic E-state index is 0.0700. The number of hydrogen-bond donors (Lipinski definition) is 1. The lowest BCUT2D eigenvalue weighted by Crippen LogP contribution is -2.45. The third-order valence-electron chi connectivity index (χ3n) is 3.42. The van der Waals surface area contributed by atoms with Gasteiger partial charge >= 0.3 is 0 Å². The van der Waals surface area contributed by atoms with Crippen LogP contribution in [0.4, 0.5) is 5.69 Å². The molecule has 0 atom stereocenters. The second-order valence-corrected chi connectivity index (χ2v) is 5.47. The lowest BCUT2D eigenvalue weighted by atomic mass is 10.2. The van der Waals surface area contributed by atoms with Crippen molar-refractivity contribution in [1.29, 1.82) is 0 Å². The second kappa shape index (κ2) is 6.70. The number of benzene rings is 1. The third kappa shape index (κ3) is 3.62. The zero-order valence-electron chi connectivity index (χ0n) is 12.2. The molecule has 0 saturated heterocycles. The molecule has 2 aromatic rings. The first kappa shape index (κ1) is 15.4. The molecule has 1 aliphatic rings. The van der Waals surface area contributed by atoms with E-state index in [0.29, 0.717) is 29.5 Å². The number of carbonyl (C=O) groups is 2. The average Bonchev–Trinajstić information content (AvgIpc) is 3.04. The highest BCUT2D eigenvalue weighted by Crippen LogP contribution is 2.34. The maximum atomic E-state index is 12.1. The second-order valence-electron chi connectivity index (χ2n) is 5.03. The number of halogens is 1. The lowest BCUT2D eigenvalue weighted by Gasteiger charge is -2.29. The number of ether oxygens (including phenoxy) is 1. The molecule has 0 bridgehead atoms. The third-order valence-corrected chi connectivity index (χ3v) is 3.65. The predicted octanol–water partition coefficient (Wildman–Crippen LogP) is 1.08. The Balaban J connectivity index is 1.61. The summed E-state index contributed by atoms with van der Waals surface area (Å²) in [6.45, 7) is 0.914. The Labute approximate surface area is 137 Å². The van der Waals surface area contributed by atoms with Crippen LogP contribution in [0.15, 0.2) is 36.9 Å². The van der Waals surface area contributed by atoms with E-state index in [1.807, 2.05) is 10.8 Å². The van der Waals surface area contributed by atoms with Gasteiger partial charge in [-0.25, -0.2) is 4.98 Å². The first-order valence-electron chi connectivity index (χ1n) is 7.08. The number of imidazole rings is 1. The van der Waals surface area contributed by atoms with Crippen LogP contribution in [0, 0.1) is 0 Å². The number of rotatable bonds is 5. The fourth-order valence-electron chi connectivity index (χ4n) is 2.29. The van der Waals surface area contributed by atoms with Gasteiger partial charge in [0.05, 0.1) is 12.0 Å². The van der Waals surface area contributed by atoms with Crippen molar-refractivity contribution in [2.45, 2.75) is 6.54 Å². The standard InChI is InChI=1S/C15H15ClN4O3/c16-11-1-2-13-12(7-11)20(15(22)9-23-13)8-14(21)18-4-6-19-5-3-17-10-19/h1-3,5,7,10H,4,6,8-9H2,(H,18,21). The quantitative estimate of drug-likeness (QED) is 0.887. The normalized spacial score (nSPS) is 13.4. The minimum atomic E-state index is -0.274. The van der Waals surface area contributed by atoms with Gasteiger partial charge in [0.1, 0.15) is 12.3 Å². The summed E-state index contributed by atoms with van der Waals surface area (Å²) in [5.74, 6) is 0.0241. The Hall–Kier alpha value is -2.54. The molecule has 1 aromatic heterocycles. The molecule has 0 unspecified atom stereocenters. The van der Waals surface area contributed by atoms with E-state index in [0.717, 1.165) is 0 Å². The van der Waals surface area contributed by atoms with Crippen molar-refractivity contribution in [3.63, 3.8) is 0 Å². The SMILES string of the molecule is O=C(CN1C(=O)COc2ccc(Cl)cc21)NCCn1ccnc1. The molecular formula is C15H15ClN4O3. The first-order valence-corrected chi connectivity index (χ1v) is 7.46. The molecule has 8 heteroatoms. The Morgan fingerprint density at radius 1 is 1.43 bits per heavy atom. The molecule has 1 aromatic carbocycles. The largest absolute Gasteiger partial charge is 0.482 e. The van der Waals surface area contributed by atoms with Crippen molar-refractivity contribution < 1.29 is 14.3 Å². The summed E-state index contributed by atoms with van der Waals surface area (Å²) in [6.07, 6.45) is 5.17.